The van der Waals surface area contributed by atoms with Crippen molar-refractivity contribution in [2.45, 2.75) is 6.92 Å². The standard InChI is InChI=1S/C14H10BrF2NO/c1-7-2-3-8(6-11(7)18)14(19)12-10(16)5-4-9(15)13(12)17/h2-6H,18H2,1H3. The number of carbonyl (C=O) groups is 1. The summed E-state index contributed by atoms with van der Waals surface area (Å²) in [6.07, 6.45) is 0. The zero-order chi connectivity index (χ0) is 14.2. The van der Waals surface area contributed by atoms with Gasteiger partial charge in [0.1, 0.15) is 5.82 Å². The summed E-state index contributed by atoms with van der Waals surface area (Å²) in [5.41, 5.74) is 6.46. The van der Waals surface area contributed by atoms with Crippen LogP contribution in [0.2, 0.25) is 0 Å². The summed E-state index contributed by atoms with van der Waals surface area (Å²) >= 11 is 2.93. The first-order valence-electron chi connectivity index (χ1n) is 5.46. The van der Waals surface area contributed by atoms with Gasteiger partial charge in [-0.1, -0.05) is 12.1 Å². The van der Waals surface area contributed by atoms with Crippen molar-refractivity contribution < 1.29 is 13.6 Å². The molecule has 0 heterocycles. The molecule has 5 heteroatoms. The number of carbonyl (C=O) groups excluding carboxylic acids is 1. The second kappa shape index (κ2) is 5.09. The summed E-state index contributed by atoms with van der Waals surface area (Å²) in [6.45, 7) is 1.78. The van der Waals surface area contributed by atoms with E-state index >= 15 is 0 Å². The van der Waals surface area contributed by atoms with E-state index in [-0.39, 0.29) is 10.0 Å². The second-order valence-electron chi connectivity index (χ2n) is 4.12. The molecule has 0 unspecified atom stereocenters. The van der Waals surface area contributed by atoms with Crippen LogP contribution in [-0.2, 0) is 0 Å². The maximum absolute atomic E-state index is 13.8. The topological polar surface area (TPSA) is 43.1 Å². The van der Waals surface area contributed by atoms with Gasteiger partial charge in [0, 0.05) is 11.3 Å². The van der Waals surface area contributed by atoms with Gasteiger partial charge in [-0.05, 0) is 46.6 Å². The summed E-state index contributed by atoms with van der Waals surface area (Å²) < 4.78 is 27.5. The number of hydrogen-bond acceptors (Lipinski definition) is 2. The van der Waals surface area contributed by atoms with Crippen molar-refractivity contribution in [3.8, 4) is 0 Å². The Labute approximate surface area is 117 Å². The van der Waals surface area contributed by atoms with Crippen LogP contribution in [0.15, 0.2) is 34.8 Å². The molecule has 0 aromatic heterocycles. The molecule has 0 radical (unpaired) electrons. The fourth-order valence-corrected chi connectivity index (χ4v) is 1.99. The SMILES string of the molecule is Cc1ccc(C(=O)c2c(F)ccc(Br)c2F)cc1N. The molecular weight excluding hydrogens is 316 g/mol. The number of rotatable bonds is 2. The highest BCUT2D eigenvalue weighted by Crippen LogP contribution is 2.25. The molecule has 0 bridgehead atoms. The minimum Gasteiger partial charge on any atom is -0.398 e. The highest BCUT2D eigenvalue weighted by molar-refractivity contribution is 9.10. The first kappa shape index (κ1) is 13.7. The highest BCUT2D eigenvalue weighted by atomic mass is 79.9. The van der Waals surface area contributed by atoms with Crippen LogP contribution in [0.25, 0.3) is 0 Å². The van der Waals surface area contributed by atoms with Crippen LogP contribution in [-0.4, -0.2) is 5.78 Å². The second-order valence-corrected chi connectivity index (χ2v) is 4.97. The van der Waals surface area contributed by atoms with Gasteiger partial charge in [0.05, 0.1) is 10.0 Å². The number of ketones is 1. The molecule has 0 fully saturated rings. The summed E-state index contributed by atoms with van der Waals surface area (Å²) in [5.74, 6) is -2.54. The van der Waals surface area contributed by atoms with Crippen LogP contribution in [0.4, 0.5) is 14.5 Å². The smallest absolute Gasteiger partial charge is 0.199 e. The Morgan fingerprint density at radius 2 is 1.89 bits per heavy atom. The van der Waals surface area contributed by atoms with E-state index in [1.807, 2.05) is 0 Å². The van der Waals surface area contributed by atoms with Crippen molar-refractivity contribution in [3.05, 3.63) is 63.1 Å². The van der Waals surface area contributed by atoms with E-state index in [1.54, 1.807) is 13.0 Å². The minimum absolute atomic E-state index is 0.0392. The zero-order valence-electron chi connectivity index (χ0n) is 10.0. The van der Waals surface area contributed by atoms with E-state index in [4.69, 9.17) is 5.73 Å². The lowest BCUT2D eigenvalue weighted by molar-refractivity contribution is 0.103. The number of hydrogen-bond donors (Lipinski definition) is 1. The molecule has 2 aromatic carbocycles. The van der Waals surface area contributed by atoms with Crippen LogP contribution < -0.4 is 5.73 Å². The average Bonchev–Trinajstić information content (AvgIpc) is 2.37. The molecule has 0 amide bonds. The number of aryl methyl sites for hydroxylation is 1. The van der Waals surface area contributed by atoms with Crippen molar-refractivity contribution in [1.29, 1.82) is 0 Å². The van der Waals surface area contributed by atoms with Crippen molar-refractivity contribution in [3.63, 3.8) is 0 Å². The van der Waals surface area contributed by atoms with Gasteiger partial charge in [-0.15, -0.1) is 0 Å². The maximum atomic E-state index is 13.8. The fraction of sp³-hybridized carbons (Fsp3) is 0.0714. The normalized spacial score (nSPS) is 10.5. The van der Waals surface area contributed by atoms with Gasteiger partial charge in [0.15, 0.2) is 11.6 Å². The molecule has 0 atom stereocenters. The van der Waals surface area contributed by atoms with E-state index < -0.39 is 23.0 Å². The summed E-state index contributed by atoms with van der Waals surface area (Å²) in [4.78, 5) is 12.1. The van der Waals surface area contributed by atoms with Crippen molar-refractivity contribution in [2.75, 3.05) is 5.73 Å². The van der Waals surface area contributed by atoms with E-state index in [1.165, 1.54) is 18.2 Å². The van der Waals surface area contributed by atoms with Gasteiger partial charge in [0.2, 0.25) is 0 Å². The molecule has 2 rings (SSSR count). The monoisotopic (exact) mass is 325 g/mol. The first-order chi connectivity index (χ1) is 8.91. The van der Waals surface area contributed by atoms with Gasteiger partial charge in [-0.3, -0.25) is 4.79 Å². The molecule has 2 nitrogen and oxygen atoms in total. The predicted octanol–water partition coefficient (Wildman–Crippen LogP) is 3.85. The van der Waals surface area contributed by atoms with Crippen molar-refractivity contribution in [2.24, 2.45) is 0 Å². The molecule has 19 heavy (non-hydrogen) atoms. The largest absolute Gasteiger partial charge is 0.398 e. The molecular formula is C14H10BrF2NO. The van der Waals surface area contributed by atoms with Crippen LogP contribution in [0.3, 0.4) is 0 Å². The quantitative estimate of drug-likeness (QED) is 0.517. The third-order valence-corrected chi connectivity index (χ3v) is 3.42. The summed E-state index contributed by atoms with van der Waals surface area (Å²) in [5, 5.41) is 0. The molecule has 98 valence electrons. The van der Waals surface area contributed by atoms with Crippen LogP contribution in [0.5, 0.6) is 0 Å². The van der Waals surface area contributed by atoms with Crippen molar-refractivity contribution >= 4 is 27.4 Å². The third kappa shape index (κ3) is 2.51. The van der Waals surface area contributed by atoms with E-state index in [2.05, 4.69) is 15.9 Å². The number of anilines is 1. The Balaban J connectivity index is 2.56. The van der Waals surface area contributed by atoms with E-state index in [9.17, 15) is 13.6 Å². The van der Waals surface area contributed by atoms with Crippen LogP contribution in [0.1, 0.15) is 21.5 Å². The number of halogens is 3. The van der Waals surface area contributed by atoms with Gasteiger partial charge < -0.3 is 5.73 Å². The van der Waals surface area contributed by atoms with Gasteiger partial charge in [0.25, 0.3) is 0 Å². The Bertz CT molecular complexity index is 671. The Kier molecular flexibility index (Phi) is 3.66. The number of nitrogen functional groups attached to an aromatic ring is 1. The van der Waals surface area contributed by atoms with Crippen molar-refractivity contribution in [1.82, 2.24) is 0 Å². The van der Waals surface area contributed by atoms with E-state index in [0.717, 1.165) is 11.6 Å². The fourth-order valence-electron chi connectivity index (χ4n) is 1.66. The summed E-state index contributed by atoms with van der Waals surface area (Å²) in [7, 11) is 0. The molecule has 0 aliphatic carbocycles. The number of nitrogens with two attached hydrogens (primary N) is 1. The molecule has 2 N–H and O–H groups in total. The van der Waals surface area contributed by atoms with Gasteiger partial charge in [-0.2, -0.15) is 0 Å². The lowest BCUT2D eigenvalue weighted by Gasteiger charge is -2.07. The molecule has 0 aliphatic heterocycles. The zero-order valence-corrected chi connectivity index (χ0v) is 11.6. The Morgan fingerprint density at radius 3 is 2.53 bits per heavy atom. The summed E-state index contributed by atoms with van der Waals surface area (Å²) in [6, 6.07) is 6.80. The lowest BCUT2D eigenvalue weighted by Crippen LogP contribution is -2.09. The van der Waals surface area contributed by atoms with Gasteiger partial charge in [-0.25, -0.2) is 8.78 Å². The lowest BCUT2D eigenvalue weighted by atomic mass is 10.0. The van der Waals surface area contributed by atoms with Crippen LogP contribution in [0, 0.1) is 18.6 Å². The molecule has 2 aromatic rings. The third-order valence-electron chi connectivity index (χ3n) is 2.81. The molecule has 0 saturated heterocycles. The molecule has 0 saturated carbocycles. The van der Waals surface area contributed by atoms with Gasteiger partial charge >= 0.3 is 0 Å². The van der Waals surface area contributed by atoms with Crippen LogP contribution >= 0.6 is 15.9 Å². The molecule has 0 spiro atoms. The Morgan fingerprint density at radius 1 is 1.21 bits per heavy atom. The first-order valence-corrected chi connectivity index (χ1v) is 6.25. The molecule has 0 aliphatic rings. The van der Waals surface area contributed by atoms with E-state index in [0.29, 0.717) is 5.69 Å². The maximum Gasteiger partial charge on any atom is 0.199 e. The number of benzene rings is 2. The Hall–Kier alpha value is -1.75. The minimum atomic E-state index is -0.913. The highest BCUT2D eigenvalue weighted by Gasteiger charge is 2.21. The predicted molar refractivity (Wildman–Crippen MR) is 73.1 cm³/mol. The average molecular weight is 326 g/mol.